The summed E-state index contributed by atoms with van der Waals surface area (Å²) < 4.78 is 0. The molecule has 4 heteroatoms. The minimum atomic E-state index is -0.0299. The summed E-state index contributed by atoms with van der Waals surface area (Å²) in [7, 11) is 0. The van der Waals surface area contributed by atoms with E-state index in [-0.39, 0.29) is 5.41 Å². The maximum Gasteiger partial charge on any atom is 0.181 e. The maximum atomic E-state index is 4.46. The van der Waals surface area contributed by atoms with Crippen LogP contribution in [0.1, 0.15) is 32.3 Å². The van der Waals surface area contributed by atoms with Gasteiger partial charge in [-0.05, 0) is 6.92 Å². The Labute approximate surface area is 82.8 Å². The standard InChI is InChI=1S/C10H14N4/c1-6-7-8(12-5-11-7)14-9(13-6)10(2,3)4/h5H,1-4H3,(H,11,12,13,14). The highest BCUT2D eigenvalue weighted by Gasteiger charge is 2.19. The molecule has 0 aromatic carbocycles. The number of hydrogen-bond donors (Lipinski definition) is 1. The molecule has 2 aromatic heterocycles. The number of aromatic nitrogens is 4. The lowest BCUT2D eigenvalue weighted by molar-refractivity contribution is 0.546. The third-order valence-electron chi connectivity index (χ3n) is 2.14. The van der Waals surface area contributed by atoms with Gasteiger partial charge in [0.15, 0.2) is 5.65 Å². The first-order chi connectivity index (χ1) is 6.48. The number of rotatable bonds is 0. The molecule has 2 heterocycles. The van der Waals surface area contributed by atoms with Crippen LogP contribution in [0.3, 0.4) is 0 Å². The van der Waals surface area contributed by atoms with E-state index in [1.165, 1.54) is 0 Å². The predicted octanol–water partition coefficient (Wildman–Crippen LogP) is 1.96. The largest absolute Gasteiger partial charge is 0.342 e. The van der Waals surface area contributed by atoms with Crippen LogP contribution in [0.4, 0.5) is 0 Å². The Morgan fingerprint density at radius 3 is 2.57 bits per heavy atom. The predicted molar refractivity (Wildman–Crippen MR) is 55.1 cm³/mol. The lowest BCUT2D eigenvalue weighted by Crippen LogP contribution is -2.16. The smallest absolute Gasteiger partial charge is 0.181 e. The highest BCUT2D eigenvalue weighted by molar-refractivity contribution is 5.72. The number of nitrogens with one attached hydrogen (secondary N) is 1. The molecule has 2 rings (SSSR count). The van der Waals surface area contributed by atoms with E-state index in [9.17, 15) is 0 Å². The zero-order valence-corrected chi connectivity index (χ0v) is 8.92. The summed E-state index contributed by atoms with van der Waals surface area (Å²) in [4.78, 5) is 16.1. The fourth-order valence-corrected chi connectivity index (χ4v) is 1.31. The molecule has 0 unspecified atom stereocenters. The topological polar surface area (TPSA) is 54.5 Å². The van der Waals surface area contributed by atoms with Gasteiger partial charge in [0.25, 0.3) is 0 Å². The lowest BCUT2D eigenvalue weighted by atomic mass is 9.95. The van der Waals surface area contributed by atoms with Gasteiger partial charge in [-0.1, -0.05) is 20.8 Å². The van der Waals surface area contributed by atoms with Gasteiger partial charge in [-0.3, -0.25) is 0 Å². The normalized spacial score (nSPS) is 12.3. The van der Waals surface area contributed by atoms with Crippen molar-refractivity contribution in [2.24, 2.45) is 0 Å². The highest BCUT2D eigenvalue weighted by atomic mass is 15.0. The van der Waals surface area contributed by atoms with Crippen LogP contribution >= 0.6 is 0 Å². The molecule has 14 heavy (non-hydrogen) atoms. The van der Waals surface area contributed by atoms with Crippen molar-refractivity contribution in [1.29, 1.82) is 0 Å². The highest BCUT2D eigenvalue weighted by Crippen LogP contribution is 2.20. The average Bonchev–Trinajstić information content (AvgIpc) is 2.50. The number of nitrogens with zero attached hydrogens (tertiary/aromatic N) is 3. The molecule has 0 atom stereocenters. The zero-order valence-electron chi connectivity index (χ0n) is 8.92. The summed E-state index contributed by atoms with van der Waals surface area (Å²) in [5.74, 6) is 0.842. The van der Waals surface area contributed by atoms with Crippen LogP contribution in [-0.2, 0) is 5.41 Å². The molecule has 0 amide bonds. The molecular weight excluding hydrogens is 176 g/mol. The van der Waals surface area contributed by atoms with Gasteiger partial charge in [0.2, 0.25) is 0 Å². The van der Waals surface area contributed by atoms with Gasteiger partial charge in [0.1, 0.15) is 11.3 Å². The van der Waals surface area contributed by atoms with E-state index in [4.69, 9.17) is 0 Å². The van der Waals surface area contributed by atoms with Crippen LogP contribution in [0.2, 0.25) is 0 Å². The number of hydrogen-bond acceptors (Lipinski definition) is 3. The van der Waals surface area contributed by atoms with Gasteiger partial charge < -0.3 is 4.98 Å². The Hall–Kier alpha value is -1.45. The fourth-order valence-electron chi connectivity index (χ4n) is 1.31. The van der Waals surface area contributed by atoms with Crippen molar-refractivity contribution in [3.63, 3.8) is 0 Å². The summed E-state index contributed by atoms with van der Waals surface area (Å²) in [5, 5.41) is 0. The van der Waals surface area contributed by atoms with Gasteiger partial charge in [0, 0.05) is 5.41 Å². The number of H-pyrrole nitrogens is 1. The van der Waals surface area contributed by atoms with E-state index in [0.717, 1.165) is 22.7 Å². The van der Waals surface area contributed by atoms with Gasteiger partial charge in [0.05, 0.1) is 12.0 Å². The number of imidazole rings is 1. The van der Waals surface area contributed by atoms with Crippen LogP contribution in [-0.4, -0.2) is 19.9 Å². The van der Waals surface area contributed by atoms with Crippen molar-refractivity contribution in [2.75, 3.05) is 0 Å². The maximum absolute atomic E-state index is 4.46. The molecule has 74 valence electrons. The minimum Gasteiger partial charge on any atom is -0.342 e. The second-order valence-electron chi connectivity index (χ2n) is 4.48. The Balaban J connectivity index is 2.70. The summed E-state index contributed by atoms with van der Waals surface area (Å²) >= 11 is 0. The van der Waals surface area contributed by atoms with Crippen molar-refractivity contribution in [3.8, 4) is 0 Å². The van der Waals surface area contributed by atoms with Crippen molar-refractivity contribution < 1.29 is 0 Å². The summed E-state index contributed by atoms with van der Waals surface area (Å²) in [6.07, 6.45) is 1.65. The van der Waals surface area contributed by atoms with E-state index in [1.54, 1.807) is 6.33 Å². The van der Waals surface area contributed by atoms with Gasteiger partial charge >= 0.3 is 0 Å². The zero-order chi connectivity index (χ0) is 10.3. The van der Waals surface area contributed by atoms with Crippen LogP contribution < -0.4 is 0 Å². The summed E-state index contributed by atoms with van der Waals surface area (Å²) in [5.41, 5.74) is 2.61. The molecule has 0 spiro atoms. The first-order valence-electron chi connectivity index (χ1n) is 4.66. The Morgan fingerprint density at radius 2 is 1.93 bits per heavy atom. The van der Waals surface area contributed by atoms with Crippen molar-refractivity contribution >= 4 is 11.2 Å². The third-order valence-corrected chi connectivity index (χ3v) is 2.14. The second-order valence-corrected chi connectivity index (χ2v) is 4.48. The van der Waals surface area contributed by atoms with Crippen LogP contribution in [0.5, 0.6) is 0 Å². The van der Waals surface area contributed by atoms with E-state index in [1.807, 2.05) is 6.92 Å². The molecule has 0 saturated carbocycles. The molecule has 2 aromatic rings. The molecule has 4 nitrogen and oxygen atoms in total. The third kappa shape index (κ3) is 1.36. The van der Waals surface area contributed by atoms with Crippen molar-refractivity contribution in [1.82, 2.24) is 19.9 Å². The van der Waals surface area contributed by atoms with Crippen molar-refractivity contribution in [2.45, 2.75) is 33.1 Å². The number of fused-ring (bicyclic) bond motifs is 1. The van der Waals surface area contributed by atoms with Gasteiger partial charge in [-0.25, -0.2) is 15.0 Å². The Kier molecular flexibility index (Phi) is 1.80. The number of aromatic amines is 1. The molecule has 0 aliphatic heterocycles. The average molecular weight is 190 g/mol. The summed E-state index contributed by atoms with van der Waals surface area (Å²) in [6, 6.07) is 0. The molecule has 0 fully saturated rings. The molecular formula is C10H14N4. The fraction of sp³-hybridized carbons (Fsp3) is 0.500. The first-order valence-corrected chi connectivity index (χ1v) is 4.66. The molecule has 0 radical (unpaired) electrons. The minimum absolute atomic E-state index is 0.0299. The first kappa shape index (κ1) is 9.12. The van der Waals surface area contributed by atoms with Gasteiger partial charge in [-0.15, -0.1) is 0 Å². The molecule has 0 saturated heterocycles. The Bertz CT molecular complexity index is 464. The van der Waals surface area contributed by atoms with E-state index < -0.39 is 0 Å². The van der Waals surface area contributed by atoms with Crippen LogP contribution in [0.25, 0.3) is 11.2 Å². The van der Waals surface area contributed by atoms with E-state index >= 15 is 0 Å². The van der Waals surface area contributed by atoms with E-state index in [0.29, 0.717) is 0 Å². The molecule has 0 bridgehead atoms. The molecule has 0 aliphatic carbocycles. The number of aryl methyl sites for hydroxylation is 1. The second kappa shape index (κ2) is 2.77. The summed E-state index contributed by atoms with van der Waals surface area (Å²) in [6.45, 7) is 8.26. The van der Waals surface area contributed by atoms with Crippen LogP contribution in [0, 0.1) is 6.92 Å². The quantitative estimate of drug-likeness (QED) is 0.690. The van der Waals surface area contributed by atoms with Crippen LogP contribution in [0.15, 0.2) is 6.33 Å². The van der Waals surface area contributed by atoms with E-state index in [2.05, 4.69) is 40.7 Å². The molecule has 1 N–H and O–H groups in total. The Morgan fingerprint density at radius 1 is 1.21 bits per heavy atom. The lowest BCUT2D eigenvalue weighted by Gasteiger charge is -2.16. The monoisotopic (exact) mass is 190 g/mol. The van der Waals surface area contributed by atoms with Crippen molar-refractivity contribution in [3.05, 3.63) is 17.8 Å². The molecule has 0 aliphatic rings. The SMILES string of the molecule is Cc1nc(C(C)(C)C)nc2nc[nH]c12. The van der Waals surface area contributed by atoms with Gasteiger partial charge in [-0.2, -0.15) is 0 Å².